The molecule has 0 atom stereocenters. The van der Waals surface area contributed by atoms with Crippen molar-refractivity contribution in [1.82, 2.24) is 0 Å². The SMILES string of the molecule is CC(=O)c1ccc(Sc2ccc(C(=O)O)o2)cc1. The highest BCUT2D eigenvalue weighted by atomic mass is 32.2. The summed E-state index contributed by atoms with van der Waals surface area (Å²) in [4.78, 5) is 22.6. The van der Waals surface area contributed by atoms with Gasteiger partial charge in [0.1, 0.15) is 0 Å². The van der Waals surface area contributed by atoms with Crippen molar-refractivity contribution >= 4 is 23.5 Å². The van der Waals surface area contributed by atoms with Gasteiger partial charge in [0.15, 0.2) is 10.9 Å². The molecule has 1 aromatic carbocycles. The molecule has 2 rings (SSSR count). The van der Waals surface area contributed by atoms with Crippen molar-refractivity contribution < 1.29 is 19.1 Å². The molecule has 0 unspecified atom stereocenters. The first-order valence-corrected chi connectivity index (χ1v) is 6.00. The van der Waals surface area contributed by atoms with E-state index < -0.39 is 5.97 Å². The van der Waals surface area contributed by atoms with Crippen LogP contribution in [0.1, 0.15) is 27.8 Å². The van der Waals surface area contributed by atoms with Crippen LogP contribution in [0.15, 0.2) is 50.8 Å². The number of ketones is 1. The second kappa shape index (κ2) is 5.10. The summed E-state index contributed by atoms with van der Waals surface area (Å²) in [5.41, 5.74) is 0.644. The summed E-state index contributed by atoms with van der Waals surface area (Å²) < 4.78 is 5.12. The molecule has 18 heavy (non-hydrogen) atoms. The van der Waals surface area contributed by atoms with Crippen LogP contribution in [0.5, 0.6) is 0 Å². The zero-order valence-corrected chi connectivity index (χ0v) is 10.4. The van der Waals surface area contributed by atoms with Gasteiger partial charge < -0.3 is 9.52 Å². The van der Waals surface area contributed by atoms with Gasteiger partial charge in [0, 0.05) is 10.5 Å². The molecule has 4 nitrogen and oxygen atoms in total. The quantitative estimate of drug-likeness (QED) is 0.856. The third-order valence-electron chi connectivity index (χ3n) is 2.27. The van der Waals surface area contributed by atoms with E-state index in [-0.39, 0.29) is 11.5 Å². The fraction of sp³-hybridized carbons (Fsp3) is 0.0769. The monoisotopic (exact) mass is 262 g/mol. The van der Waals surface area contributed by atoms with Gasteiger partial charge in [-0.3, -0.25) is 4.79 Å². The van der Waals surface area contributed by atoms with E-state index in [1.165, 1.54) is 24.8 Å². The van der Waals surface area contributed by atoms with Crippen LogP contribution in [0.4, 0.5) is 0 Å². The highest BCUT2D eigenvalue weighted by molar-refractivity contribution is 7.99. The van der Waals surface area contributed by atoms with Crippen LogP contribution >= 0.6 is 11.8 Å². The fourth-order valence-electron chi connectivity index (χ4n) is 1.36. The molecule has 0 amide bonds. The first kappa shape index (κ1) is 12.4. The molecule has 2 aromatic rings. The molecular formula is C13H10O4S. The van der Waals surface area contributed by atoms with Gasteiger partial charge in [-0.25, -0.2) is 4.79 Å². The molecule has 0 spiro atoms. The van der Waals surface area contributed by atoms with E-state index in [2.05, 4.69) is 0 Å². The number of carboxylic acid groups (broad SMARTS) is 1. The maximum atomic E-state index is 11.1. The molecule has 1 aromatic heterocycles. The molecule has 5 heteroatoms. The van der Waals surface area contributed by atoms with E-state index in [0.29, 0.717) is 10.7 Å². The topological polar surface area (TPSA) is 67.5 Å². The van der Waals surface area contributed by atoms with Crippen molar-refractivity contribution in [2.75, 3.05) is 0 Å². The van der Waals surface area contributed by atoms with Crippen LogP contribution < -0.4 is 0 Å². The van der Waals surface area contributed by atoms with Gasteiger partial charge in [-0.05, 0) is 31.2 Å². The number of benzene rings is 1. The number of carbonyl (C=O) groups is 2. The summed E-state index contributed by atoms with van der Waals surface area (Å²) >= 11 is 1.30. The minimum absolute atomic E-state index is 0.0118. The lowest BCUT2D eigenvalue weighted by Crippen LogP contribution is -1.91. The maximum Gasteiger partial charge on any atom is 0.371 e. The van der Waals surface area contributed by atoms with Gasteiger partial charge in [-0.1, -0.05) is 23.9 Å². The highest BCUT2D eigenvalue weighted by Crippen LogP contribution is 2.29. The van der Waals surface area contributed by atoms with E-state index in [4.69, 9.17) is 9.52 Å². The van der Waals surface area contributed by atoms with E-state index in [1.54, 1.807) is 30.3 Å². The molecule has 92 valence electrons. The van der Waals surface area contributed by atoms with Crippen molar-refractivity contribution in [3.05, 3.63) is 47.7 Å². The van der Waals surface area contributed by atoms with E-state index in [0.717, 1.165) is 4.90 Å². The second-order valence-electron chi connectivity index (χ2n) is 3.61. The summed E-state index contributed by atoms with van der Waals surface area (Å²) in [5, 5.41) is 9.22. The molecule has 0 aliphatic rings. The number of carbonyl (C=O) groups excluding carboxylic acids is 1. The molecule has 0 fully saturated rings. The van der Waals surface area contributed by atoms with Crippen molar-refractivity contribution in [2.24, 2.45) is 0 Å². The molecule has 0 saturated carbocycles. The molecule has 0 bridgehead atoms. The van der Waals surface area contributed by atoms with Gasteiger partial charge in [0.25, 0.3) is 0 Å². The average Bonchev–Trinajstić information content (AvgIpc) is 2.78. The number of hydrogen-bond acceptors (Lipinski definition) is 4. The lowest BCUT2D eigenvalue weighted by Gasteiger charge is -1.99. The Balaban J connectivity index is 2.13. The lowest BCUT2D eigenvalue weighted by atomic mass is 10.2. The predicted molar refractivity (Wildman–Crippen MR) is 66.2 cm³/mol. The van der Waals surface area contributed by atoms with Crippen LogP contribution in [0.3, 0.4) is 0 Å². The molecule has 1 heterocycles. The third-order valence-corrected chi connectivity index (χ3v) is 3.20. The summed E-state index contributed by atoms with van der Waals surface area (Å²) in [6, 6.07) is 10.1. The molecule has 0 saturated heterocycles. The van der Waals surface area contributed by atoms with Gasteiger partial charge in [-0.15, -0.1) is 0 Å². The first-order valence-electron chi connectivity index (χ1n) is 5.18. The third kappa shape index (κ3) is 2.81. The summed E-state index contributed by atoms with van der Waals surface area (Å²) in [7, 11) is 0. The summed E-state index contributed by atoms with van der Waals surface area (Å²) in [6.45, 7) is 1.51. The average molecular weight is 262 g/mol. The van der Waals surface area contributed by atoms with Crippen LogP contribution in [0, 0.1) is 0 Å². The van der Waals surface area contributed by atoms with E-state index in [9.17, 15) is 9.59 Å². The summed E-state index contributed by atoms with van der Waals surface area (Å²) in [6.07, 6.45) is 0. The van der Waals surface area contributed by atoms with Gasteiger partial charge in [-0.2, -0.15) is 0 Å². The van der Waals surface area contributed by atoms with Crippen LogP contribution in [0.2, 0.25) is 0 Å². The minimum atomic E-state index is -1.09. The van der Waals surface area contributed by atoms with Crippen molar-refractivity contribution in [1.29, 1.82) is 0 Å². The second-order valence-corrected chi connectivity index (χ2v) is 4.68. The van der Waals surface area contributed by atoms with E-state index in [1.807, 2.05) is 0 Å². The Labute approximate surface area is 108 Å². The number of hydrogen-bond donors (Lipinski definition) is 1. The lowest BCUT2D eigenvalue weighted by molar-refractivity contribution is 0.0656. The van der Waals surface area contributed by atoms with E-state index >= 15 is 0 Å². The number of furan rings is 1. The number of rotatable bonds is 4. The van der Waals surface area contributed by atoms with Gasteiger partial charge >= 0.3 is 5.97 Å². The minimum Gasteiger partial charge on any atom is -0.475 e. The predicted octanol–water partition coefficient (Wildman–Crippen LogP) is 3.33. The standard InChI is InChI=1S/C13H10O4S/c1-8(14)9-2-4-10(5-3-9)18-12-7-6-11(17-12)13(15)16/h2-7H,1H3,(H,15,16). The summed E-state index contributed by atoms with van der Waals surface area (Å²) in [5.74, 6) is -1.16. The molecular weight excluding hydrogens is 252 g/mol. The van der Waals surface area contributed by atoms with Crippen molar-refractivity contribution in [3.63, 3.8) is 0 Å². The van der Waals surface area contributed by atoms with Crippen LogP contribution in [-0.4, -0.2) is 16.9 Å². The molecule has 0 aliphatic heterocycles. The Morgan fingerprint density at radius 1 is 1.11 bits per heavy atom. The Morgan fingerprint density at radius 2 is 1.78 bits per heavy atom. The Kier molecular flexibility index (Phi) is 3.53. The first-order chi connectivity index (χ1) is 8.56. The smallest absolute Gasteiger partial charge is 0.371 e. The number of aromatic carboxylic acids is 1. The Morgan fingerprint density at radius 3 is 2.28 bits per heavy atom. The normalized spacial score (nSPS) is 10.3. The number of Topliss-reactive ketones (excluding diaryl/α,β-unsaturated/α-hetero) is 1. The van der Waals surface area contributed by atoms with Crippen LogP contribution in [0.25, 0.3) is 0 Å². The molecule has 0 aliphatic carbocycles. The Bertz CT molecular complexity index is 583. The van der Waals surface area contributed by atoms with Crippen molar-refractivity contribution in [3.8, 4) is 0 Å². The molecule has 0 radical (unpaired) electrons. The molecule has 1 N–H and O–H groups in total. The van der Waals surface area contributed by atoms with Crippen molar-refractivity contribution in [2.45, 2.75) is 16.9 Å². The zero-order chi connectivity index (χ0) is 13.1. The van der Waals surface area contributed by atoms with Crippen LogP contribution in [-0.2, 0) is 0 Å². The Hall–Kier alpha value is -2.01. The highest BCUT2D eigenvalue weighted by Gasteiger charge is 2.10. The zero-order valence-electron chi connectivity index (χ0n) is 9.54. The van der Waals surface area contributed by atoms with Gasteiger partial charge in [0.05, 0.1) is 0 Å². The largest absolute Gasteiger partial charge is 0.475 e. The fourth-order valence-corrected chi connectivity index (χ4v) is 2.14. The van der Waals surface area contributed by atoms with Gasteiger partial charge in [0.2, 0.25) is 5.76 Å². The number of carboxylic acids is 1. The maximum absolute atomic E-state index is 11.1.